The van der Waals surface area contributed by atoms with Gasteiger partial charge in [0.25, 0.3) is 5.91 Å². The molecular formula is C13H19BrN4O2S. The van der Waals surface area contributed by atoms with Gasteiger partial charge in [0.1, 0.15) is 5.60 Å². The number of rotatable bonds is 3. The Balaban J connectivity index is 1.68. The van der Waals surface area contributed by atoms with Crippen LogP contribution in [0.4, 0.5) is 5.13 Å². The fourth-order valence-electron chi connectivity index (χ4n) is 3.27. The number of piperidine rings is 1. The second-order valence-electron chi connectivity index (χ2n) is 6.40. The van der Waals surface area contributed by atoms with Gasteiger partial charge in [0, 0.05) is 19.1 Å². The first-order valence-corrected chi connectivity index (χ1v) is 8.73. The van der Waals surface area contributed by atoms with Crippen LogP contribution >= 0.6 is 27.3 Å². The summed E-state index contributed by atoms with van der Waals surface area (Å²) in [7, 11) is 0. The Labute approximate surface area is 136 Å². The van der Waals surface area contributed by atoms with E-state index in [2.05, 4.69) is 36.3 Å². The molecule has 0 spiro atoms. The molecule has 2 aliphatic rings. The molecule has 2 bridgehead atoms. The molecule has 0 unspecified atom stereocenters. The maximum absolute atomic E-state index is 12.0. The molecule has 3 rings (SSSR count). The highest BCUT2D eigenvalue weighted by Crippen LogP contribution is 2.39. The van der Waals surface area contributed by atoms with E-state index in [0.29, 0.717) is 11.8 Å². The minimum Gasteiger partial charge on any atom is -0.381 e. The minimum absolute atomic E-state index is 0.163. The Bertz CT molecular complexity index is 531. The normalized spacial score (nSPS) is 28.8. The molecule has 0 radical (unpaired) electrons. The summed E-state index contributed by atoms with van der Waals surface area (Å²) < 4.78 is 0.794. The molecule has 1 aromatic rings. The topological polar surface area (TPSA) is 78.4 Å². The molecule has 1 saturated carbocycles. The predicted octanol–water partition coefficient (Wildman–Crippen LogP) is 1.40. The van der Waals surface area contributed by atoms with Crippen LogP contribution in [0.15, 0.2) is 3.92 Å². The van der Waals surface area contributed by atoms with E-state index in [1.54, 1.807) is 0 Å². The van der Waals surface area contributed by atoms with Crippen LogP contribution in [0.25, 0.3) is 0 Å². The number of anilines is 1. The van der Waals surface area contributed by atoms with Gasteiger partial charge < -0.3 is 15.3 Å². The van der Waals surface area contributed by atoms with Gasteiger partial charge in [-0.1, -0.05) is 11.3 Å². The summed E-state index contributed by atoms with van der Waals surface area (Å²) in [5.74, 6) is 0.548. The van der Waals surface area contributed by atoms with E-state index in [9.17, 15) is 9.90 Å². The molecule has 1 amide bonds. The fraction of sp³-hybridized carbons (Fsp3) is 0.769. The van der Waals surface area contributed by atoms with E-state index in [1.165, 1.54) is 25.2 Å². The lowest BCUT2D eigenvalue weighted by atomic mass is 9.91. The van der Waals surface area contributed by atoms with Gasteiger partial charge in [-0.15, -0.1) is 10.2 Å². The zero-order chi connectivity index (χ0) is 15.2. The van der Waals surface area contributed by atoms with Gasteiger partial charge >= 0.3 is 0 Å². The average molecular weight is 375 g/mol. The van der Waals surface area contributed by atoms with E-state index in [1.807, 2.05) is 0 Å². The number of nitrogens with zero attached hydrogens (tertiary/aromatic N) is 3. The van der Waals surface area contributed by atoms with Crippen molar-refractivity contribution < 1.29 is 9.90 Å². The lowest BCUT2D eigenvalue weighted by molar-refractivity contribution is -0.137. The van der Waals surface area contributed by atoms with E-state index < -0.39 is 5.60 Å². The molecule has 1 aliphatic carbocycles. The van der Waals surface area contributed by atoms with Gasteiger partial charge in [-0.05, 0) is 54.5 Å². The molecule has 6 nitrogen and oxygen atoms in total. The van der Waals surface area contributed by atoms with Crippen LogP contribution in [0.2, 0.25) is 0 Å². The third-order valence-electron chi connectivity index (χ3n) is 4.35. The minimum atomic E-state index is -1.32. The molecule has 116 valence electrons. The van der Waals surface area contributed by atoms with Crippen molar-refractivity contribution in [2.75, 3.05) is 18.0 Å². The number of hydrogen-bond acceptors (Lipinski definition) is 6. The van der Waals surface area contributed by atoms with Crippen LogP contribution in [-0.4, -0.2) is 45.9 Å². The Hall–Kier alpha value is -0.730. The molecule has 8 heteroatoms. The maximum Gasteiger partial charge on any atom is 0.251 e. The number of aliphatic hydroxyl groups is 1. The molecule has 1 aromatic heterocycles. The number of nitrogens with one attached hydrogen (secondary N) is 1. The van der Waals surface area contributed by atoms with Crippen molar-refractivity contribution in [3.63, 3.8) is 0 Å². The predicted molar refractivity (Wildman–Crippen MR) is 84.3 cm³/mol. The molecule has 2 heterocycles. The van der Waals surface area contributed by atoms with Crippen molar-refractivity contribution in [3.05, 3.63) is 3.92 Å². The smallest absolute Gasteiger partial charge is 0.251 e. The summed E-state index contributed by atoms with van der Waals surface area (Å²) in [4.78, 5) is 14.3. The number of fused-ring (bicyclic) bond motifs is 2. The number of hydrogen-bond donors (Lipinski definition) is 2. The number of amides is 1. The van der Waals surface area contributed by atoms with Crippen LogP contribution in [0, 0.1) is 11.8 Å². The Kier molecular flexibility index (Phi) is 3.96. The van der Waals surface area contributed by atoms with Crippen LogP contribution < -0.4 is 10.2 Å². The van der Waals surface area contributed by atoms with E-state index in [-0.39, 0.29) is 11.9 Å². The van der Waals surface area contributed by atoms with Crippen molar-refractivity contribution in [1.82, 2.24) is 15.5 Å². The van der Waals surface area contributed by atoms with Gasteiger partial charge in [0.05, 0.1) is 0 Å². The standard InChI is InChI=1S/C13H19BrN4O2S/c1-13(2,20)10(19)15-9-7-3-4-8(9)6-18(5-7)12-17-16-11(14)21-12/h7-9,20H,3-6H2,1-2H3,(H,15,19)/t7-,8+,9-. The number of carbonyl (C=O) groups excluding carboxylic acids is 1. The van der Waals surface area contributed by atoms with Crippen molar-refractivity contribution in [2.24, 2.45) is 11.8 Å². The summed E-state index contributed by atoms with van der Waals surface area (Å²) in [5.41, 5.74) is -1.32. The molecule has 1 saturated heterocycles. The third kappa shape index (κ3) is 3.07. The highest BCUT2D eigenvalue weighted by molar-refractivity contribution is 9.11. The lowest BCUT2D eigenvalue weighted by Crippen LogP contribution is -2.56. The summed E-state index contributed by atoms with van der Waals surface area (Å²) in [6.07, 6.45) is 2.22. The summed E-state index contributed by atoms with van der Waals surface area (Å²) in [6.45, 7) is 4.82. The third-order valence-corrected chi connectivity index (χ3v) is 5.76. The van der Waals surface area contributed by atoms with Gasteiger partial charge in [0.2, 0.25) is 5.13 Å². The molecule has 3 atom stereocenters. The molecule has 0 aromatic carbocycles. The zero-order valence-electron chi connectivity index (χ0n) is 12.0. The van der Waals surface area contributed by atoms with Gasteiger partial charge in [0.15, 0.2) is 3.92 Å². The summed E-state index contributed by atoms with van der Waals surface area (Å²) in [6, 6.07) is 0.163. The van der Waals surface area contributed by atoms with Crippen molar-refractivity contribution >= 4 is 38.3 Å². The molecule has 2 fully saturated rings. The fourth-order valence-corrected chi connectivity index (χ4v) is 4.37. The van der Waals surface area contributed by atoms with Crippen LogP contribution in [-0.2, 0) is 4.79 Å². The second kappa shape index (κ2) is 5.48. The molecule has 21 heavy (non-hydrogen) atoms. The number of aromatic nitrogens is 2. The van der Waals surface area contributed by atoms with Crippen LogP contribution in [0.3, 0.4) is 0 Å². The quantitative estimate of drug-likeness (QED) is 0.835. The Morgan fingerprint density at radius 3 is 2.48 bits per heavy atom. The highest BCUT2D eigenvalue weighted by Gasteiger charge is 2.44. The lowest BCUT2D eigenvalue weighted by Gasteiger charge is -2.38. The van der Waals surface area contributed by atoms with E-state index in [4.69, 9.17) is 0 Å². The number of carbonyl (C=O) groups is 1. The first-order valence-electron chi connectivity index (χ1n) is 7.12. The van der Waals surface area contributed by atoms with Crippen molar-refractivity contribution in [3.8, 4) is 0 Å². The average Bonchev–Trinajstić information content (AvgIpc) is 2.90. The Morgan fingerprint density at radius 2 is 2.00 bits per heavy atom. The van der Waals surface area contributed by atoms with Gasteiger partial charge in [-0.3, -0.25) is 4.79 Å². The van der Waals surface area contributed by atoms with Crippen molar-refractivity contribution in [2.45, 2.75) is 38.3 Å². The maximum atomic E-state index is 12.0. The number of halogens is 1. The zero-order valence-corrected chi connectivity index (χ0v) is 14.4. The second-order valence-corrected chi connectivity index (χ2v) is 8.63. The SMILES string of the molecule is CC(C)(O)C(=O)N[C@@H]1[C@@H]2CC[C@H]1CN(c1nnc(Br)s1)C2. The monoisotopic (exact) mass is 374 g/mol. The summed E-state index contributed by atoms with van der Waals surface area (Å²) >= 11 is 4.88. The van der Waals surface area contributed by atoms with Gasteiger partial charge in [-0.25, -0.2) is 0 Å². The van der Waals surface area contributed by atoms with E-state index >= 15 is 0 Å². The molecule has 2 N–H and O–H groups in total. The molecular weight excluding hydrogens is 356 g/mol. The van der Waals surface area contributed by atoms with Crippen molar-refractivity contribution in [1.29, 1.82) is 0 Å². The first-order chi connectivity index (χ1) is 9.84. The largest absolute Gasteiger partial charge is 0.381 e. The first kappa shape index (κ1) is 15.2. The summed E-state index contributed by atoms with van der Waals surface area (Å²) in [5, 5.41) is 22.0. The van der Waals surface area contributed by atoms with Crippen LogP contribution in [0.1, 0.15) is 26.7 Å². The highest BCUT2D eigenvalue weighted by atomic mass is 79.9. The van der Waals surface area contributed by atoms with Gasteiger partial charge in [-0.2, -0.15) is 0 Å². The van der Waals surface area contributed by atoms with Crippen LogP contribution in [0.5, 0.6) is 0 Å². The Morgan fingerprint density at radius 1 is 1.38 bits per heavy atom. The molecule has 1 aliphatic heterocycles. The van der Waals surface area contributed by atoms with E-state index in [0.717, 1.165) is 35.0 Å².